The van der Waals surface area contributed by atoms with Gasteiger partial charge in [0.2, 0.25) is 0 Å². The van der Waals surface area contributed by atoms with Crippen molar-refractivity contribution < 1.29 is 28.6 Å². The van der Waals surface area contributed by atoms with E-state index in [0.717, 1.165) is 77.0 Å². The van der Waals surface area contributed by atoms with Crippen LogP contribution in [0.15, 0.2) is 0 Å². The van der Waals surface area contributed by atoms with Crippen LogP contribution in [0.1, 0.15) is 119 Å². The minimum absolute atomic E-state index is 0.206. The summed E-state index contributed by atoms with van der Waals surface area (Å²) in [6.07, 6.45) is 13.1. The molecule has 0 N–H and O–H groups in total. The van der Waals surface area contributed by atoms with Gasteiger partial charge in [0.1, 0.15) is 0 Å². The Morgan fingerprint density at radius 2 is 0.805 bits per heavy atom. The van der Waals surface area contributed by atoms with Gasteiger partial charge < -0.3 is 0 Å². The van der Waals surface area contributed by atoms with E-state index >= 15 is 0 Å². The zero-order valence-corrected chi connectivity index (χ0v) is 32.4. The average molecular weight is 744 g/mol. The minimum atomic E-state index is -3.24. The van der Waals surface area contributed by atoms with E-state index in [-0.39, 0.29) is 35.2 Å². The number of hydrogen-bond acceptors (Lipinski definition) is 9. The molecule has 0 radical (unpaired) electrons. The van der Waals surface area contributed by atoms with Crippen LogP contribution in [0.3, 0.4) is 0 Å². The van der Waals surface area contributed by atoms with Crippen molar-refractivity contribution in [1.82, 2.24) is 0 Å². The number of hydrogen-bond donors (Lipinski definition) is 0. The number of ether oxygens (including phenoxy) is 3. The fraction of sp³-hybridized carbons (Fsp3) is 0.903. The maximum absolute atomic E-state index is 12.6. The molecule has 0 saturated carbocycles. The summed E-state index contributed by atoms with van der Waals surface area (Å²) in [7, 11) is 4.86. The van der Waals surface area contributed by atoms with E-state index in [1.807, 2.05) is 0 Å². The van der Waals surface area contributed by atoms with Crippen LogP contribution in [0, 0.1) is 17.8 Å². The third-order valence-electron chi connectivity index (χ3n) is 7.43. The van der Waals surface area contributed by atoms with E-state index < -0.39 is 14.2 Å². The fourth-order valence-electron chi connectivity index (χ4n) is 4.15. The van der Waals surface area contributed by atoms with Gasteiger partial charge in [0.15, 0.2) is 0 Å². The molecule has 6 nitrogen and oxygen atoms in total. The molecule has 0 saturated heterocycles. The van der Waals surface area contributed by atoms with Gasteiger partial charge in [-0.05, 0) is 0 Å². The number of esters is 3. The Hall–Kier alpha value is 0.259. The molecule has 41 heavy (non-hydrogen) atoms. The van der Waals surface area contributed by atoms with Crippen LogP contribution in [-0.4, -0.2) is 69.2 Å². The summed E-state index contributed by atoms with van der Waals surface area (Å²) in [4.78, 5) is 40.1. The molecule has 0 aliphatic rings. The molecule has 10 heteroatoms. The second-order valence-corrected chi connectivity index (χ2v) is 46.7. The Balaban J connectivity index is 5.02. The predicted octanol–water partition coefficient (Wildman–Crippen LogP) is 9.03. The Labute approximate surface area is 264 Å². The van der Waals surface area contributed by atoms with E-state index in [1.54, 1.807) is 26.8 Å². The summed E-state index contributed by atoms with van der Waals surface area (Å²) in [6.45, 7) is 14.3. The van der Waals surface area contributed by atoms with Crippen molar-refractivity contribution in [1.29, 1.82) is 0 Å². The summed E-state index contributed by atoms with van der Waals surface area (Å²) in [5, 5.41) is 0. The van der Waals surface area contributed by atoms with E-state index in [2.05, 4.69) is 46.5 Å². The third kappa shape index (κ3) is 22.4. The Morgan fingerprint density at radius 1 is 0.537 bits per heavy atom. The van der Waals surface area contributed by atoms with Gasteiger partial charge in [0.05, 0.1) is 0 Å². The van der Waals surface area contributed by atoms with Crippen LogP contribution in [0.4, 0.5) is 0 Å². The van der Waals surface area contributed by atoms with Gasteiger partial charge >= 0.3 is 266 Å². The molecule has 0 heterocycles. The number of unbranched alkanes of at least 4 members (excludes halogenated alkanes) is 3. The molecule has 0 spiro atoms. The monoisotopic (exact) mass is 744 g/mol. The van der Waals surface area contributed by atoms with Crippen molar-refractivity contribution in [2.75, 3.05) is 37.1 Å². The van der Waals surface area contributed by atoms with Gasteiger partial charge in [0, 0.05) is 0 Å². The van der Waals surface area contributed by atoms with Crippen molar-refractivity contribution in [3.63, 3.8) is 0 Å². The van der Waals surface area contributed by atoms with E-state index in [1.165, 1.54) is 0 Å². The molecular weight excluding hydrogens is 683 g/mol. The van der Waals surface area contributed by atoms with Gasteiger partial charge in [-0.15, -0.1) is 0 Å². The second-order valence-electron chi connectivity index (χ2n) is 11.0. The van der Waals surface area contributed by atoms with Crippen LogP contribution in [0.2, 0.25) is 4.94 Å². The summed E-state index contributed by atoms with van der Waals surface area (Å²) >= 11 is -3.24. The Kier molecular flexibility index (Phi) is 26.8. The number of rotatable bonds is 27. The number of carbonyl (C=O) groups is 3. The molecular formula is C31H60O6S3Sn. The van der Waals surface area contributed by atoms with Crippen LogP contribution in [0.5, 0.6) is 0 Å². The number of carbonyl (C=O) groups excluding carboxylic acids is 3. The van der Waals surface area contributed by atoms with Crippen LogP contribution < -0.4 is 0 Å². The molecule has 0 aliphatic heterocycles. The maximum atomic E-state index is 12.6. The first kappa shape index (κ1) is 41.3. The van der Waals surface area contributed by atoms with Crippen LogP contribution >= 0.6 is 26.8 Å². The summed E-state index contributed by atoms with van der Waals surface area (Å²) in [6, 6.07) is 0. The SMILES string of the molecule is CCCC[C@H](CC)COC(=O)C[S][Sn]([CH3])([S]CC(=O)OC[C@@H](CC)CCCC)[S]CC(=O)OC[C@@H](CC)CCCC. The van der Waals surface area contributed by atoms with Crippen molar-refractivity contribution in [2.45, 2.75) is 124 Å². The molecule has 0 bridgehead atoms. The Bertz CT molecular complexity index is 608. The standard InChI is InChI=1S/3C10H20O2S.CH3.Sn/c3*1-3-5-6-9(4-2)7-12-10(11)8-13;;/h3*9,13H,3-8H2,1-2H3;1H3;/q;;;;+3/p-3/t3*9-;;/m000../s1. The molecule has 242 valence electrons. The fourth-order valence-corrected chi connectivity index (χ4v) is 29.8. The van der Waals surface area contributed by atoms with Crippen molar-refractivity contribution in [2.24, 2.45) is 17.8 Å². The molecule has 3 atom stereocenters. The first-order valence-electron chi connectivity index (χ1n) is 16.0. The topological polar surface area (TPSA) is 78.9 Å². The van der Waals surface area contributed by atoms with Crippen molar-refractivity contribution in [3.8, 4) is 0 Å². The molecule has 0 rings (SSSR count). The van der Waals surface area contributed by atoms with Gasteiger partial charge in [-0.1, -0.05) is 0 Å². The summed E-state index contributed by atoms with van der Waals surface area (Å²) in [5.41, 5.74) is 0. The zero-order chi connectivity index (χ0) is 30.9. The van der Waals surface area contributed by atoms with Gasteiger partial charge in [-0.3, -0.25) is 0 Å². The summed E-state index contributed by atoms with van der Waals surface area (Å²) < 4.78 is 16.9. The quantitative estimate of drug-likeness (QED) is 0.0466. The summed E-state index contributed by atoms with van der Waals surface area (Å²) in [5.74, 6) is 1.36. The molecule has 0 aromatic rings. The first-order chi connectivity index (χ1) is 19.7. The first-order valence-corrected chi connectivity index (χ1v) is 32.3. The zero-order valence-electron chi connectivity index (χ0n) is 27.1. The molecule has 0 unspecified atom stereocenters. The third-order valence-corrected chi connectivity index (χ3v) is 41.5. The molecule has 0 fully saturated rings. The van der Waals surface area contributed by atoms with E-state index in [9.17, 15) is 14.4 Å². The predicted molar refractivity (Wildman–Crippen MR) is 182 cm³/mol. The molecule has 0 aromatic heterocycles. The van der Waals surface area contributed by atoms with Crippen molar-refractivity contribution in [3.05, 3.63) is 0 Å². The average Bonchev–Trinajstić information content (AvgIpc) is 2.98. The van der Waals surface area contributed by atoms with Crippen LogP contribution in [-0.2, 0) is 28.6 Å². The van der Waals surface area contributed by atoms with E-state index in [0.29, 0.717) is 37.6 Å². The van der Waals surface area contributed by atoms with Crippen LogP contribution in [0.25, 0.3) is 0 Å². The normalized spacial score (nSPS) is 13.8. The second kappa shape index (κ2) is 26.6. The van der Waals surface area contributed by atoms with E-state index in [4.69, 9.17) is 14.2 Å². The van der Waals surface area contributed by atoms with Gasteiger partial charge in [0.25, 0.3) is 0 Å². The Morgan fingerprint density at radius 3 is 1.02 bits per heavy atom. The molecule has 0 aliphatic carbocycles. The molecule has 0 amide bonds. The molecule has 0 aromatic carbocycles. The van der Waals surface area contributed by atoms with Crippen molar-refractivity contribution >= 4 is 59.0 Å². The van der Waals surface area contributed by atoms with Gasteiger partial charge in [-0.25, -0.2) is 0 Å². The van der Waals surface area contributed by atoms with Gasteiger partial charge in [-0.2, -0.15) is 0 Å².